The number of hydrazine groups is 1. The minimum atomic E-state index is -0.487. The van der Waals surface area contributed by atoms with Crippen molar-refractivity contribution in [3.8, 4) is 17.6 Å². The van der Waals surface area contributed by atoms with E-state index >= 15 is 0 Å². The number of rotatable bonds is 11. The summed E-state index contributed by atoms with van der Waals surface area (Å²) in [6.07, 6.45) is 3.21. The second kappa shape index (κ2) is 14.6. The van der Waals surface area contributed by atoms with Gasteiger partial charge in [-0.3, -0.25) is 4.98 Å². The van der Waals surface area contributed by atoms with Crippen LogP contribution in [0.5, 0.6) is 11.5 Å². The van der Waals surface area contributed by atoms with Gasteiger partial charge in [0.2, 0.25) is 0 Å². The first kappa shape index (κ1) is 30.7. The van der Waals surface area contributed by atoms with E-state index in [4.69, 9.17) is 31.0 Å². The fourth-order valence-corrected chi connectivity index (χ4v) is 4.67. The number of piperazine rings is 1. The summed E-state index contributed by atoms with van der Waals surface area (Å²) in [5, 5.41) is 17.5. The summed E-state index contributed by atoms with van der Waals surface area (Å²) in [5.74, 6) is 6.18. The van der Waals surface area contributed by atoms with Crippen LogP contribution >= 0.6 is 0 Å². The molecule has 0 atom stereocenters. The monoisotopic (exact) mass is 589 g/mol. The number of nitriles is 1. The summed E-state index contributed by atoms with van der Waals surface area (Å²) in [7, 11) is 1.54. The molecule has 1 saturated heterocycles. The second-order valence-corrected chi connectivity index (χ2v) is 9.48. The zero-order valence-electron chi connectivity index (χ0n) is 24.2. The summed E-state index contributed by atoms with van der Waals surface area (Å²) in [6, 6.07) is 12.1. The van der Waals surface area contributed by atoms with Crippen molar-refractivity contribution in [3.05, 3.63) is 53.7 Å². The lowest BCUT2D eigenvalue weighted by molar-refractivity contribution is 0.0526. The third-order valence-electron chi connectivity index (χ3n) is 6.77. The molecule has 0 spiro atoms. The van der Waals surface area contributed by atoms with Gasteiger partial charge >= 0.3 is 12.0 Å². The lowest BCUT2D eigenvalue weighted by Crippen LogP contribution is -2.50. The van der Waals surface area contributed by atoms with E-state index in [1.165, 1.54) is 11.3 Å². The van der Waals surface area contributed by atoms with Crippen LogP contribution in [0.25, 0.3) is 10.9 Å². The van der Waals surface area contributed by atoms with Crippen LogP contribution in [0.2, 0.25) is 0 Å². The number of nitrogens with zero attached hydrogens (tertiary/aromatic N) is 6. The van der Waals surface area contributed by atoms with E-state index < -0.39 is 5.97 Å². The number of nitrogens with one attached hydrogen (secondary N) is 1. The van der Waals surface area contributed by atoms with Gasteiger partial charge in [-0.2, -0.15) is 10.4 Å². The van der Waals surface area contributed by atoms with Crippen molar-refractivity contribution in [2.75, 3.05) is 63.3 Å². The summed E-state index contributed by atoms with van der Waals surface area (Å²) in [6.45, 7) is 4.50. The number of carbonyl (C=O) groups is 2. The predicted molar refractivity (Wildman–Crippen MR) is 162 cm³/mol. The van der Waals surface area contributed by atoms with E-state index in [1.54, 1.807) is 55.3 Å². The number of pyridine rings is 1. The van der Waals surface area contributed by atoms with E-state index in [1.807, 2.05) is 0 Å². The minimum Gasteiger partial charge on any atom is -0.493 e. The smallest absolute Gasteiger partial charge is 0.341 e. The van der Waals surface area contributed by atoms with Crippen molar-refractivity contribution in [3.63, 3.8) is 0 Å². The molecule has 2 aromatic carbocycles. The molecule has 3 aromatic rings. The van der Waals surface area contributed by atoms with Crippen molar-refractivity contribution < 1.29 is 23.8 Å². The molecular weight excluding hydrogens is 554 g/mol. The molecule has 4 rings (SSSR count). The number of esters is 1. The number of hydrazone groups is 1. The Labute approximate surface area is 249 Å². The van der Waals surface area contributed by atoms with Crippen LogP contribution in [-0.2, 0) is 4.74 Å². The molecule has 0 radical (unpaired) electrons. The highest BCUT2D eigenvalue weighted by Gasteiger charge is 2.27. The molecule has 1 fully saturated rings. The molecule has 14 heteroatoms. The number of urea groups is 1. The second-order valence-electron chi connectivity index (χ2n) is 9.48. The first-order valence-electron chi connectivity index (χ1n) is 13.8. The standard InChI is InChI=1S/C29H35N9O5/c1-3-42-28(39)23-18-33-24-16-26(43-14-4-9-38(32)34-19-31)25(41-2)15-22(24)27(23)36-10-12-37(13-11-36)29(40)35-21-7-5-20(17-30)6-8-21/h5-8,15-16,18-19H,3-4,9-14,32H2,1-2H3,(H2,31,34)(H,35,40). The number of anilines is 2. The van der Waals surface area contributed by atoms with Gasteiger partial charge in [0.1, 0.15) is 11.9 Å². The number of aromatic nitrogens is 1. The summed E-state index contributed by atoms with van der Waals surface area (Å²) < 4.78 is 16.9. The van der Waals surface area contributed by atoms with Crippen LogP contribution in [0.4, 0.5) is 16.2 Å². The SMILES string of the molecule is CCOC(=O)c1cnc2cc(OCCCN(N)/N=C\N)c(OC)cc2c1N1CCN(C(=O)Nc2ccc(C#N)cc2)CC1. The number of ether oxygens (including phenoxy) is 3. The molecule has 0 saturated carbocycles. The van der Waals surface area contributed by atoms with Gasteiger partial charge in [0, 0.05) is 55.9 Å². The van der Waals surface area contributed by atoms with Gasteiger partial charge in [-0.15, -0.1) is 0 Å². The quantitative estimate of drug-likeness (QED) is 0.0745. The lowest BCUT2D eigenvalue weighted by Gasteiger charge is -2.37. The summed E-state index contributed by atoms with van der Waals surface area (Å²) >= 11 is 0. The summed E-state index contributed by atoms with van der Waals surface area (Å²) in [4.78, 5) is 34.2. The van der Waals surface area contributed by atoms with Gasteiger partial charge in [0.15, 0.2) is 11.5 Å². The number of hydrogen-bond donors (Lipinski definition) is 3. The average molecular weight is 590 g/mol. The van der Waals surface area contributed by atoms with Crippen LogP contribution in [0, 0.1) is 11.3 Å². The largest absolute Gasteiger partial charge is 0.493 e. The molecule has 43 heavy (non-hydrogen) atoms. The Balaban J connectivity index is 1.55. The molecule has 2 heterocycles. The molecule has 1 aliphatic rings. The van der Waals surface area contributed by atoms with Crippen LogP contribution in [0.15, 0.2) is 47.7 Å². The van der Waals surface area contributed by atoms with Gasteiger partial charge in [-0.25, -0.2) is 20.5 Å². The zero-order valence-corrected chi connectivity index (χ0v) is 24.2. The minimum absolute atomic E-state index is 0.215. The maximum atomic E-state index is 13.0. The van der Waals surface area contributed by atoms with Crippen LogP contribution in [0.3, 0.4) is 0 Å². The molecule has 0 unspecified atom stereocenters. The first-order valence-corrected chi connectivity index (χ1v) is 13.8. The number of hydrogen-bond acceptors (Lipinski definition) is 11. The van der Waals surface area contributed by atoms with Gasteiger partial charge in [0.25, 0.3) is 0 Å². The first-order chi connectivity index (χ1) is 20.9. The van der Waals surface area contributed by atoms with Crippen LogP contribution in [-0.4, -0.2) is 86.4 Å². The Morgan fingerprint density at radius 2 is 1.93 bits per heavy atom. The van der Waals surface area contributed by atoms with Crippen molar-refractivity contribution >= 4 is 40.6 Å². The zero-order chi connectivity index (χ0) is 30.8. The molecule has 14 nitrogen and oxygen atoms in total. The Hall–Kier alpha value is -5.29. The molecule has 5 N–H and O–H groups in total. The van der Waals surface area contributed by atoms with E-state index in [0.29, 0.717) is 90.7 Å². The molecule has 0 aliphatic carbocycles. The number of carbonyl (C=O) groups excluding carboxylic acids is 2. The Kier molecular flexibility index (Phi) is 10.4. The van der Waals surface area contributed by atoms with Gasteiger partial charge in [0.05, 0.1) is 49.7 Å². The van der Waals surface area contributed by atoms with Crippen molar-refractivity contribution in [1.29, 1.82) is 5.26 Å². The number of fused-ring (bicyclic) bond motifs is 1. The van der Waals surface area contributed by atoms with Crippen LogP contribution in [0.1, 0.15) is 29.3 Å². The average Bonchev–Trinajstić information content (AvgIpc) is 3.02. The maximum Gasteiger partial charge on any atom is 0.341 e. The Morgan fingerprint density at radius 1 is 1.19 bits per heavy atom. The van der Waals surface area contributed by atoms with E-state index in [0.717, 1.165) is 6.34 Å². The van der Waals surface area contributed by atoms with Crippen LogP contribution < -0.4 is 31.3 Å². The highest BCUT2D eigenvalue weighted by atomic mass is 16.5. The molecular formula is C29H35N9O5. The fraction of sp³-hybridized carbons (Fsp3) is 0.345. The normalized spacial score (nSPS) is 13.1. The molecule has 226 valence electrons. The van der Waals surface area contributed by atoms with Crippen molar-refractivity contribution in [2.24, 2.45) is 16.7 Å². The molecule has 0 bridgehead atoms. The third kappa shape index (κ3) is 7.52. The Bertz CT molecular complexity index is 1500. The van der Waals surface area contributed by atoms with E-state index in [9.17, 15) is 9.59 Å². The predicted octanol–water partition coefficient (Wildman–Crippen LogP) is 2.49. The molecule has 2 amide bonds. The Morgan fingerprint density at radius 3 is 2.58 bits per heavy atom. The number of benzene rings is 2. The number of nitrogens with two attached hydrogens (primary N) is 2. The van der Waals surface area contributed by atoms with Crippen molar-refractivity contribution in [1.82, 2.24) is 15.0 Å². The van der Waals surface area contributed by atoms with Gasteiger partial charge in [-0.1, -0.05) is 0 Å². The lowest BCUT2D eigenvalue weighted by atomic mass is 10.1. The van der Waals surface area contributed by atoms with Gasteiger partial charge in [-0.05, 0) is 37.3 Å². The topological polar surface area (TPSA) is 185 Å². The van der Waals surface area contributed by atoms with Crippen molar-refractivity contribution in [2.45, 2.75) is 13.3 Å². The van der Waals surface area contributed by atoms with E-state index in [-0.39, 0.29) is 12.6 Å². The molecule has 1 aromatic heterocycles. The summed E-state index contributed by atoms with van der Waals surface area (Å²) in [5.41, 5.74) is 7.95. The molecule has 1 aliphatic heterocycles. The number of amides is 2. The van der Waals surface area contributed by atoms with E-state index in [2.05, 4.69) is 26.4 Å². The highest BCUT2D eigenvalue weighted by Crippen LogP contribution is 2.38. The maximum absolute atomic E-state index is 13.0. The third-order valence-corrected chi connectivity index (χ3v) is 6.77. The van der Waals surface area contributed by atoms with Gasteiger partial charge < -0.3 is 35.1 Å². The fourth-order valence-electron chi connectivity index (χ4n) is 4.67. The highest BCUT2D eigenvalue weighted by molar-refractivity contribution is 6.06. The number of methoxy groups -OCH3 is 1.